The third-order valence-corrected chi connectivity index (χ3v) is 6.65. The zero-order valence-corrected chi connectivity index (χ0v) is 21.2. The van der Waals surface area contributed by atoms with Crippen LogP contribution in [0.25, 0.3) is 5.69 Å². The largest absolute Gasteiger partial charge is 0.345 e. The molecule has 0 fully saturated rings. The number of carbonyl (C=O) groups is 1. The minimum atomic E-state index is -0.437. The third-order valence-electron chi connectivity index (χ3n) is 5.65. The molecule has 0 aliphatic heterocycles. The molecule has 3 aromatic carbocycles. The van der Waals surface area contributed by atoms with Crippen molar-refractivity contribution in [1.82, 2.24) is 20.1 Å². The van der Waals surface area contributed by atoms with Crippen molar-refractivity contribution >= 4 is 23.4 Å². The molecule has 0 atom stereocenters. The summed E-state index contributed by atoms with van der Waals surface area (Å²) < 4.78 is 1.82. The molecule has 8 nitrogen and oxygen atoms in total. The highest BCUT2D eigenvalue weighted by Gasteiger charge is 2.18. The fraction of sp³-hybridized carbons (Fsp3) is 0.222. The lowest BCUT2D eigenvalue weighted by molar-refractivity contribution is -0.384. The maximum atomic E-state index is 12.8. The van der Waals surface area contributed by atoms with E-state index in [0.29, 0.717) is 28.0 Å². The molecule has 0 aliphatic carbocycles. The summed E-state index contributed by atoms with van der Waals surface area (Å²) in [6, 6.07) is 23.8. The minimum Gasteiger partial charge on any atom is -0.345 e. The van der Waals surface area contributed by atoms with Gasteiger partial charge >= 0.3 is 0 Å². The standard InChI is InChI=1S/C27H27N5O3S/c1-27(2,3)21-11-9-20(10-12-21)25(33)28-17-24-29-30-26(36-18-19-7-5-4-6-8-19)31(24)22-13-15-23(16-14-22)32(34)35/h4-16H,17-18H2,1-3H3,(H,28,33). The molecule has 0 unspecified atom stereocenters. The molecule has 1 heterocycles. The van der Waals surface area contributed by atoms with Crippen molar-refractivity contribution in [1.29, 1.82) is 0 Å². The van der Waals surface area contributed by atoms with Crippen molar-refractivity contribution in [3.8, 4) is 5.69 Å². The molecule has 0 saturated heterocycles. The number of benzene rings is 3. The molecule has 0 bridgehead atoms. The van der Waals surface area contributed by atoms with Gasteiger partial charge in [-0.3, -0.25) is 19.5 Å². The van der Waals surface area contributed by atoms with Crippen molar-refractivity contribution in [3.05, 3.63) is 111 Å². The van der Waals surface area contributed by atoms with Gasteiger partial charge in [-0.15, -0.1) is 10.2 Å². The van der Waals surface area contributed by atoms with E-state index >= 15 is 0 Å². The maximum absolute atomic E-state index is 12.8. The second-order valence-electron chi connectivity index (χ2n) is 9.29. The van der Waals surface area contributed by atoms with Crippen LogP contribution >= 0.6 is 11.8 Å². The Labute approximate surface area is 213 Å². The lowest BCUT2D eigenvalue weighted by Gasteiger charge is -2.19. The Hall–Kier alpha value is -3.98. The first kappa shape index (κ1) is 25.1. The first-order valence-electron chi connectivity index (χ1n) is 11.5. The number of amides is 1. The number of non-ortho nitro benzene ring substituents is 1. The molecule has 1 amide bonds. The van der Waals surface area contributed by atoms with Gasteiger partial charge < -0.3 is 5.32 Å². The van der Waals surface area contributed by atoms with Crippen molar-refractivity contribution < 1.29 is 9.72 Å². The average Bonchev–Trinajstić information content (AvgIpc) is 3.29. The summed E-state index contributed by atoms with van der Waals surface area (Å²) >= 11 is 1.50. The highest BCUT2D eigenvalue weighted by atomic mass is 32.2. The molecule has 0 aliphatic rings. The van der Waals surface area contributed by atoms with Crippen LogP contribution in [0.1, 0.15) is 48.1 Å². The van der Waals surface area contributed by atoms with Crippen LogP contribution in [0.3, 0.4) is 0 Å². The molecule has 36 heavy (non-hydrogen) atoms. The van der Waals surface area contributed by atoms with Gasteiger partial charge in [-0.1, -0.05) is 75.0 Å². The van der Waals surface area contributed by atoms with Gasteiger partial charge in [0.25, 0.3) is 11.6 Å². The molecular weight excluding hydrogens is 474 g/mol. The van der Waals surface area contributed by atoms with Gasteiger partial charge in [0.2, 0.25) is 0 Å². The Kier molecular flexibility index (Phi) is 7.49. The second kappa shape index (κ2) is 10.7. The number of thioether (sulfide) groups is 1. The van der Waals surface area contributed by atoms with E-state index in [1.54, 1.807) is 12.1 Å². The number of aromatic nitrogens is 3. The van der Waals surface area contributed by atoms with E-state index in [9.17, 15) is 14.9 Å². The van der Waals surface area contributed by atoms with Crippen molar-refractivity contribution in [2.24, 2.45) is 0 Å². The maximum Gasteiger partial charge on any atom is 0.269 e. The monoisotopic (exact) mass is 501 g/mol. The molecular formula is C27H27N5O3S. The summed E-state index contributed by atoms with van der Waals surface area (Å²) in [5, 5.41) is 23.3. The number of hydrogen-bond acceptors (Lipinski definition) is 6. The molecule has 4 aromatic rings. The number of carbonyl (C=O) groups excluding carboxylic acids is 1. The average molecular weight is 502 g/mol. The fourth-order valence-corrected chi connectivity index (χ4v) is 4.52. The van der Waals surface area contributed by atoms with Gasteiger partial charge in [0, 0.05) is 29.1 Å². The van der Waals surface area contributed by atoms with E-state index in [0.717, 1.165) is 11.1 Å². The predicted octanol–water partition coefficient (Wildman–Crippen LogP) is 5.70. The van der Waals surface area contributed by atoms with Gasteiger partial charge in [0.15, 0.2) is 11.0 Å². The van der Waals surface area contributed by atoms with Crippen molar-refractivity contribution in [2.45, 2.75) is 43.6 Å². The fourth-order valence-electron chi connectivity index (χ4n) is 3.60. The van der Waals surface area contributed by atoms with Crippen LogP contribution in [-0.2, 0) is 17.7 Å². The zero-order valence-electron chi connectivity index (χ0n) is 20.3. The highest BCUT2D eigenvalue weighted by molar-refractivity contribution is 7.98. The summed E-state index contributed by atoms with van der Waals surface area (Å²) in [6.45, 7) is 6.53. The Bertz CT molecular complexity index is 1350. The van der Waals surface area contributed by atoms with E-state index < -0.39 is 4.92 Å². The first-order valence-corrected chi connectivity index (χ1v) is 12.5. The predicted molar refractivity (Wildman–Crippen MR) is 140 cm³/mol. The summed E-state index contributed by atoms with van der Waals surface area (Å²) in [4.78, 5) is 23.5. The van der Waals surface area contributed by atoms with Crippen LogP contribution in [0.4, 0.5) is 5.69 Å². The van der Waals surface area contributed by atoms with Gasteiger partial charge in [0.1, 0.15) is 0 Å². The zero-order chi connectivity index (χ0) is 25.7. The molecule has 1 N–H and O–H groups in total. The van der Waals surface area contributed by atoms with E-state index in [1.807, 2.05) is 59.2 Å². The van der Waals surface area contributed by atoms with E-state index in [1.165, 1.54) is 23.9 Å². The quantitative estimate of drug-likeness (QED) is 0.189. The summed E-state index contributed by atoms with van der Waals surface area (Å²) in [5.41, 5.74) is 3.53. The van der Waals surface area contributed by atoms with Crippen LogP contribution in [0.5, 0.6) is 0 Å². The number of hydrogen-bond donors (Lipinski definition) is 1. The summed E-state index contributed by atoms with van der Waals surface area (Å²) in [6.07, 6.45) is 0. The van der Waals surface area contributed by atoms with Gasteiger partial charge in [-0.2, -0.15) is 0 Å². The molecule has 1 aromatic heterocycles. The van der Waals surface area contributed by atoms with Gasteiger partial charge in [-0.25, -0.2) is 0 Å². The SMILES string of the molecule is CC(C)(C)c1ccc(C(=O)NCc2nnc(SCc3ccccc3)n2-c2ccc([N+](=O)[O-])cc2)cc1. The van der Waals surface area contributed by atoms with Crippen LogP contribution in [-0.4, -0.2) is 25.6 Å². The van der Waals surface area contributed by atoms with Gasteiger partial charge in [-0.05, 0) is 40.8 Å². The lowest BCUT2D eigenvalue weighted by atomic mass is 9.87. The first-order chi connectivity index (χ1) is 17.2. The Morgan fingerprint density at radius 3 is 2.25 bits per heavy atom. The van der Waals surface area contributed by atoms with Gasteiger partial charge in [0.05, 0.1) is 11.5 Å². The molecule has 0 saturated carbocycles. The smallest absolute Gasteiger partial charge is 0.269 e. The molecule has 184 valence electrons. The Balaban J connectivity index is 1.56. The molecule has 0 radical (unpaired) electrons. The minimum absolute atomic E-state index is 0.00105. The molecule has 0 spiro atoms. The van der Waals surface area contributed by atoms with E-state index in [4.69, 9.17) is 0 Å². The van der Waals surface area contributed by atoms with E-state index in [-0.39, 0.29) is 23.6 Å². The lowest BCUT2D eigenvalue weighted by Crippen LogP contribution is -2.25. The Morgan fingerprint density at radius 2 is 1.64 bits per heavy atom. The number of nitrogens with one attached hydrogen (secondary N) is 1. The van der Waals surface area contributed by atoms with Crippen molar-refractivity contribution in [2.75, 3.05) is 0 Å². The van der Waals surface area contributed by atoms with Crippen LogP contribution in [0.2, 0.25) is 0 Å². The molecule has 9 heteroatoms. The highest BCUT2D eigenvalue weighted by Crippen LogP contribution is 2.27. The van der Waals surface area contributed by atoms with Crippen LogP contribution in [0, 0.1) is 10.1 Å². The number of nitro benzene ring substituents is 1. The normalized spacial score (nSPS) is 11.3. The van der Waals surface area contributed by atoms with Crippen LogP contribution in [0.15, 0.2) is 84.0 Å². The Morgan fingerprint density at radius 1 is 0.972 bits per heavy atom. The summed E-state index contributed by atoms with van der Waals surface area (Å²) in [5.74, 6) is 0.990. The van der Waals surface area contributed by atoms with Crippen molar-refractivity contribution in [3.63, 3.8) is 0 Å². The number of nitrogens with zero attached hydrogens (tertiary/aromatic N) is 4. The number of nitro groups is 1. The topological polar surface area (TPSA) is 103 Å². The van der Waals surface area contributed by atoms with Crippen LogP contribution < -0.4 is 5.32 Å². The second-order valence-corrected chi connectivity index (χ2v) is 10.2. The summed E-state index contributed by atoms with van der Waals surface area (Å²) in [7, 11) is 0. The third kappa shape index (κ3) is 5.98. The molecule has 4 rings (SSSR count). The van der Waals surface area contributed by atoms with E-state index in [2.05, 4.69) is 36.3 Å². The number of rotatable bonds is 8.